The van der Waals surface area contributed by atoms with Gasteiger partial charge in [0, 0.05) is 32.8 Å². The van der Waals surface area contributed by atoms with Gasteiger partial charge < -0.3 is 4.90 Å². The lowest BCUT2D eigenvalue weighted by Gasteiger charge is -2.11. The minimum absolute atomic E-state index is 0.00367. The van der Waals surface area contributed by atoms with Crippen molar-refractivity contribution < 1.29 is 13.3 Å². The van der Waals surface area contributed by atoms with Crippen LogP contribution in [-0.2, 0) is 23.0 Å². The fourth-order valence-electron chi connectivity index (χ4n) is 3.45. The number of imidazole rings is 1. The predicted octanol–water partition coefficient (Wildman–Crippen LogP) is 2.51. The van der Waals surface area contributed by atoms with Gasteiger partial charge in [0.2, 0.25) is 5.95 Å². The standard InChI is InChI=1S/C23H23N7O5S/c1-16-4-10-19(11-5-16)36(34,35)29-15-24-20-21(29)26-23(25-14-27(2)3)28(22(20)31)13-12-17-6-8-18(9-7-17)30(32)33/h4-11,14-15H,12-13H2,1-3H3/b25-14+. The van der Waals surface area contributed by atoms with Gasteiger partial charge in [-0.05, 0) is 31.0 Å². The van der Waals surface area contributed by atoms with Gasteiger partial charge in [0.15, 0.2) is 11.2 Å². The van der Waals surface area contributed by atoms with E-state index in [0.717, 1.165) is 21.4 Å². The number of fused-ring (bicyclic) bond motifs is 1. The second-order valence-corrected chi connectivity index (χ2v) is 10.1. The van der Waals surface area contributed by atoms with Gasteiger partial charge in [-0.3, -0.25) is 19.5 Å². The number of nitro benzene ring substituents is 1. The molecule has 4 aromatic rings. The molecule has 0 fully saturated rings. The second kappa shape index (κ2) is 9.70. The number of aromatic nitrogens is 4. The molecule has 36 heavy (non-hydrogen) atoms. The molecule has 13 heteroatoms. The SMILES string of the molecule is Cc1ccc(S(=O)(=O)n2cnc3c(=O)n(CCc4ccc([N+](=O)[O-])cc4)c(/N=C/N(C)C)nc32)cc1. The number of nitro groups is 1. The highest BCUT2D eigenvalue weighted by Crippen LogP contribution is 2.21. The van der Waals surface area contributed by atoms with Gasteiger partial charge in [-0.15, -0.1) is 0 Å². The van der Waals surface area contributed by atoms with Gasteiger partial charge in [0.05, 0.1) is 16.2 Å². The van der Waals surface area contributed by atoms with E-state index in [1.165, 1.54) is 35.2 Å². The number of aryl methyl sites for hydroxylation is 2. The quantitative estimate of drug-likeness (QED) is 0.152. The molecule has 0 aliphatic carbocycles. The molecule has 0 spiro atoms. The summed E-state index contributed by atoms with van der Waals surface area (Å²) in [6.45, 7) is 2.00. The summed E-state index contributed by atoms with van der Waals surface area (Å²) in [5, 5.41) is 10.9. The average Bonchev–Trinajstić information content (AvgIpc) is 3.28. The lowest BCUT2D eigenvalue weighted by atomic mass is 10.1. The molecule has 0 unspecified atom stereocenters. The Kier molecular flexibility index (Phi) is 6.66. The van der Waals surface area contributed by atoms with E-state index in [9.17, 15) is 23.3 Å². The number of hydrogen-bond donors (Lipinski definition) is 0. The van der Waals surface area contributed by atoms with Crippen molar-refractivity contribution in [3.05, 3.63) is 86.5 Å². The van der Waals surface area contributed by atoms with Crippen molar-refractivity contribution in [2.45, 2.75) is 24.8 Å². The van der Waals surface area contributed by atoms with Crippen LogP contribution < -0.4 is 5.56 Å². The third kappa shape index (κ3) is 4.86. The number of nitrogens with zero attached hydrogens (tertiary/aromatic N) is 7. The third-order valence-electron chi connectivity index (χ3n) is 5.36. The highest BCUT2D eigenvalue weighted by molar-refractivity contribution is 7.90. The van der Waals surface area contributed by atoms with Crippen LogP contribution in [0.4, 0.5) is 11.6 Å². The van der Waals surface area contributed by atoms with Gasteiger partial charge in [-0.1, -0.05) is 29.8 Å². The zero-order valence-corrected chi connectivity index (χ0v) is 20.6. The Morgan fingerprint density at radius 1 is 1.11 bits per heavy atom. The van der Waals surface area contributed by atoms with Crippen molar-refractivity contribution in [1.29, 1.82) is 0 Å². The first kappa shape index (κ1) is 24.7. The molecular weight excluding hydrogens is 486 g/mol. The van der Waals surface area contributed by atoms with E-state index in [-0.39, 0.29) is 34.2 Å². The molecule has 0 N–H and O–H groups in total. The van der Waals surface area contributed by atoms with E-state index in [4.69, 9.17) is 0 Å². The molecule has 0 bridgehead atoms. The first-order chi connectivity index (χ1) is 17.1. The topological polar surface area (TPSA) is 146 Å². The Balaban J connectivity index is 1.79. The van der Waals surface area contributed by atoms with E-state index in [2.05, 4.69) is 15.0 Å². The van der Waals surface area contributed by atoms with E-state index < -0.39 is 20.5 Å². The molecule has 0 saturated heterocycles. The van der Waals surface area contributed by atoms with Crippen LogP contribution in [0.2, 0.25) is 0 Å². The summed E-state index contributed by atoms with van der Waals surface area (Å²) < 4.78 is 28.7. The van der Waals surface area contributed by atoms with Crippen LogP contribution in [0.15, 0.2) is 69.5 Å². The monoisotopic (exact) mass is 509 g/mol. The number of aliphatic imine (C=N–C) groups is 1. The smallest absolute Gasteiger partial charge is 0.283 e. The summed E-state index contributed by atoms with van der Waals surface area (Å²) in [6.07, 6.45) is 2.87. The zero-order valence-electron chi connectivity index (χ0n) is 19.8. The summed E-state index contributed by atoms with van der Waals surface area (Å²) in [5.41, 5.74) is 0.846. The van der Waals surface area contributed by atoms with E-state index in [1.807, 2.05) is 6.92 Å². The minimum atomic E-state index is -4.06. The van der Waals surface area contributed by atoms with E-state index in [0.29, 0.717) is 6.42 Å². The summed E-state index contributed by atoms with van der Waals surface area (Å²) in [6, 6.07) is 12.3. The predicted molar refractivity (Wildman–Crippen MR) is 134 cm³/mol. The van der Waals surface area contributed by atoms with Crippen LogP contribution in [0.5, 0.6) is 0 Å². The maximum absolute atomic E-state index is 13.4. The third-order valence-corrected chi connectivity index (χ3v) is 7.01. The highest BCUT2D eigenvalue weighted by atomic mass is 32.2. The molecule has 2 aromatic carbocycles. The zero-order chi connectivity index (χ0) is 26.0. The molecule has 0 amide bonds. The Morgan fingerprint density at radius 3 is 2.39 bits per heavy atom. The molecule has 12 nitrogen and oxygen atoms in total. The normalized spacial score (nSPS) is 11.9. The Morgan fingerprint density at radius 2 is 1.78 bits per heavy atom. The Labute approximate surface area is 206 Å². The summed E-state index contributed by atoms with van der Waals surface area (Å²) in [7, 11) is -0.570. The summed E-state index contributed by atoms with van der Waals surface area (Å²) in [4.78, 5) is 38.2. The molecule has 4 rings (SSSR count). The van der Waals surface area contributed by atoms with Gasteiger partial charge in [0.25, 0.3) is 21.3 Å². The minimum Gasteiger partial charge on any atom is -0.369 e. The average molecular weight is 510 g/mol. The van der Waals surface area contributed by atoms with Crippen molar-refractivity contribution in [3.63, 3.8) is 0 Å². The molecule has 2 heterocycles. The van der Waals surface area contributed by atoms with E-state index >= 15 is 0 Å². The maximum atomic E-state index is 13.4. The fourth-order valence-corrected chi connectivity index (χ4v) is 4.68. The first-order valence-electron chi connectivity index (χ1n) is 10.8. The first-order valence-corrected chi connectivity index (χ1v) is 12.3. The second-order valence-electron chi connectivity index (χ2n) is 8.28. The number of benzene rings is 2. The van der Waals surface area contributed by atoms with Gasteiger partial charge in [-0.2, -0.15) is 4.98 Å². The van der Waals surface area contributed by atoms with E-state index in [1.54, 1.807) is 43.3 Å². The van der Waals surface area contributed by atoms with Crippen LogP contribution >= 0.6 is 0 Å². The Hall–Kier alpha value is -4.39. The lowest BCUT2D eigenvalue weighted by Crippen LogP contribution is -2.24. The van der Waals surface area contributed by atoms with Gasteiger partial charge in [0.1, 0.15) is 6.33 Å². The van der Waals surface area contributed by atoms with Crippen molar-refractivity contribution in [3.8, 4) is 0 Å². The van der Waals surface area contributed by atoms with Crippen molar-refractivity contribution >= 4 is 39.2 Å². The van der Waals surface area contributed by atoms with Crippen LogP contribution in [0, 0.1) is 17.0 Å². The van der Waals surface area contributed by atoms with Crippen molar-refractivity contribution in [2.24, 2.45) is 4.99 Å². The van der Waals surface area contributed by atoms with Gasteiger partial charge >= 0.3 is 0 Å². The highest BCUT2D eigenvalue weighted by Gasteiger charge is 2.24. The molecule has 0 atom stereocenters. The van der Waals surface area contributed by atoms with Crippen LogP contribution in [0.3, 0.4) is 0 Å². The van der Waals surface area contributed by atoms with Crippen LogP contribution in [0.25, 0.3) is 11.2 Å². The van der Waals surface area contributed by atoms with Crippen LogP contribution in [0.1, 0.15) is 11.1 Å². The summed E-state index contributed by atoms with van der Waals surface area (Å²) >= 11 is 0. The summed E-state index contributed by atoms with van der Waals surface area (Å²) in [5.74, 6) is 0.00367. The number of non-ortho nitro benzene ring substituents is 1. The molecule has 186 valence electrons. The van der Waals surface area contributed by atoms with Crippen molar-refractivity contribution in [2.75, 3.05) is 14.1 Å². The maximum Gasteiger partial charge on any atom is 0.283 e. The molecule has 0 aliphatic rings. The molecule has 0 radical (unpaired) electrons. The largest absolute Gasteiger partial charge is 0.369 e. The molecule has 2 aromatic heterocycles. The van der Waals surface area contributed by atoms with Crippen molar-refractivity contribution in [1.82, 2.24) is 23.4 Å². The molecule has 0 saturated carbocycles. The molecular formula is C23H23N7O5S. The fraction of sp³-hybridized carbons (Fsp3) is 0.217. The molecule has 0 aliphatic heterocycles. The Bertz CT molecular complexity index is 1620. The number of rotatable bonds is 8. The lowest BCUT2D eigenvalue weighted by molar-refractivity contribution is -0.384. The number of hydrogen-bond acceptors (Lipinski definition) is 8. The van der Waals surface area contributed by atoms with Crippen LogP contribution in [-0.4, -0.2) is 57.2 Å². The van der Waals surface area contributed by atoms with Gasteiger partial charge in [-0.25, -0.2) is 22.4 Å².